The Balaban J connectivity index is 1.51. The molecule has 0 saturated carbocycles. The van der Waals surface area contributed by atoms with Gasteiger partial charge in [-0.15, -0.1) is 10.2 Å². The van der Waals surface area contributed by atoms with Crippen molar-refractivity contribution in [1.29, 1.82) is 0 Å². The number of hydrogen-bond donors (Lipinski definition) is 2. The molecule has 1 aromatic heterocycles. The molecule has 4 aromatic rings. The molecule has 1 heterocycles. The molecule has 35 heavy (non-hydrogen) atoms. The van der Waals surface area contributed by atoms with Gasteiger partial charge >= 0.3 is 0 Å². The number of aromatic nitrogens is 3. The Kier molecular flexibility index (Phi) is 8.00. The van der Waals surface area contributed by atoms with E-state index in [2.05, 4.69) is 73.8 Å². The molecule has 0 bridgehead atoms. The number of nitrogens with zero attached hydrogens (tertiary/aromatic N) is 3. The number of thioether (sulfide) groups is 1. The number of carbonyl (C=O) groups is 1. The van der Waals surface area contributed by atoms with Gasteiger partial charge in [-0.05, 0) is 37.1 Å². The summed E-state index contributed by atoms with van der Waals surface area (Å²) in [4.78, 5) is 14.1. The summed E-state index contributed by atoms with van der Waals surface area (Å²) in [5.74, 6) is 1.01. The number of amides is 1. The van der Waals surface area contributed by atoms with E-state index in [4.69, 9.17) is 0 Å². The second-order valence-electron chi connectivity index (χ2n) is 8.91. The van der Waals surface area contributed by atoms with Crippen LogP contribution >= 0.6 is 11.8 Å². The zero-order valence-electron chi connectivity index (χ0n) is 20.7. The first-order valence-electron chi connectivity index (χ1n) is 11.8. The van der Waals surface area contributed by atoms with Crippen LogP contribution in [0.2, 0.25) is 0 Å². The van der Waals surface area contributed by atoms with Crippen molar-refractivity contribution in [1.82, 2.24) is 20.1 Å². The summed E-state index contributed by atoms with van der Waals surface area (Å²) in [6.45, 7) is 4.77. The first kappa shape index (κ1) is 24.7. The van der Waals surface area contributed by atoms with E-state index >= 15 is 0 Å². The number of benzene rings is 3. The molecule has 2 N–H and O–H groups in total. The lowest BCUT2D eigenvalue weighted by atomic mass is 10.1. The van der Waals surface area contributed by atoms with Crippen molar-refractivity contribution in [3.8, 4) is 17.1 Å². The average Bonchev–Trinajstić information content (AvgIpc) is 3.29. The zero-order chi connectivity index (χ0) is 24.8. The number of quaternary nitrogens is 1. The molecule has 0 aliphatic carbocycles. The summed E-state index contributed by atoms with van der Waals surface area (Å²) in [5, 5.41) is 12.7. The lowest BCUT2D eigenvalue weighted by Gasteiger charge is -2.22. The van der Waals surface area contributed by atoms with E-state index in [-0.39, 0.29) is 17.7 Å². The maximum Gasteiger partial charge on any atom is 0.230 e. The topological polar surface area (TPSA) is 64.2 Å². The van der Waals surface area contributed by atoms with Gasteiger partial charge in [0.15, 0.2) is 11.0 Å². The van der Waals surface area contributed by atoms with Crippen molar-refractivity contribution >= 4 is 17.7 Å². The van der Waals surface area contributed by atoms with Crippen molar-refractivity contribution in [3.63, 3.8) is 0 Å². The van der Waals surface area contributed by atoms with Gasteiger partial charge in [0.2, 0.25) is 5.91 Å². The number of carbonyl (C=O) groups excluding carboxylic acids is 1. The molecule has 0 radical (unpaired) electrons. The Morgan fingerprint density at radius 3 is 2.29 bits per heavy atom. The molecule has 3 aromatic carbocycles. The van der Waals surface area contributed by atoms with Crippen LogP contribution in [-0.2, 0) is 4.79 Å². The van der Waals surface area contributed by atoms with Gasteiger partial charge in [0.25, 0.3) is 0 Å². The number of rotatable bonds is 9. The van der Waals surface area contributed by atoms with Gasteiger partial charge in [-0.1, -0.05) is 78.5 Å². The summed E-state index contributed by atoms with van der Waals surface area (Å²) in [6, 6.07) is 26.8. The van der Waals surface area contributed by atoms with Gasteiger partial charge in [-0.25, -0.2) is 0 Å². The second kappa shape index (κ2) is 11.3. The number of nitrogens with one attached hydrogen (secondary N) is 2. The average molecular weight is 487 g/mol. The standard InChI is InChI=1S/C28H31N5OS/c1-20-15-16-24(17-21(20)2)33-27(23-13-9-6-10-14-23)30-31-28(33)35-19-26(34)29-18-25(32(3)4)22-11-7-5-8-12-22/h5-17,25H,18-19H2,1-4H3,(H,29,34)/p+1/t25-/m1/s1. The second-order valence-corrected chi connectivity index (χ2v) is 9.85. The van der Waals surface area contributed by atoms with Crippen LogP contribution < -0.4 is 10.2 Å². The van der Waals surface area contributed by atoms with Gasteiger partial charge < -0.3 is 10.2 Å². The number of hydrogen-bond acceptors (Lipinski definition) is 4. The molecular formula is C28H32N5OS+. The van der Waals surface area contributed by atoms with Crippen LogP contribution in [0.1, 0.15) is 22.7 Å². The van der Waals surface area contributed by atoms with Gasteiger partial charge in [-0.2, -0.15) is 0 Å². The molecule has 0 spiro atoms. The normalized spacial score (nSPS) is 12.0. The Morgan fingerprint density at radius 2 is 1.63 bits per heavy atom. The maximum absolute atomic E-state index is 12.8. The van der Waals surface area contributed by atoms with Crippen LogP contribution in [0, 0.1) is 13.8 Å². The Hall–Kier alpha value is -3.42. The van der Waals surface area contributed by atoms with Crippen LogP contribution in [-0.4, -0.2) is 47.1 Å². The summed E-state index contributed by atoms with van der Waals surface area (Å²) >= 11 is 1.40. The molecule has 6 nitrogen and oxygen atoms in total. The van der Waals surface area contributed by atoms with Crippen LogP contribution in [0.4, 0.5) is 0 Å². The summed E-state index contributed by atoms with van der Waals surface area (Å²) in [7, 11) is 4.21. The third-order valence-corrected chi connectivity index (χ3v) is 7.08. The predicted octanol–water partition coefficient (Wildman–Crippen LogP) is 3.65. The van der Waals surface area contributed by atoms with Gasteiger partial charge in [0, 0.05) is 11.1 Å². The van der Waals surface area contributed by atoms with Gasteiger partial charge in [-0.3, -0.25) is 9.36 Å². The third-order valence-electron chi connectivity index (χ3n) is 6.15. The van der Waals surface area contributed by atoms with E-state index in [0.717, 1.165) is 17.1 Å². The molecule has 1 atom stereocenters. The lowest BCUT2D eigenvalue weighted by Crippen LogP contribution is -3.07. The highest BCUT2D eigenvalue weighted by atomic mass is 32.2. The third kappa shape index (κ3) is 5.99. The molecule has 180 valence electrons. The highest BCUT2D eigenvalue weighted by Crippen LogP contribution is 2.28. The van der Waals surface area contributed by atoms with Gasteiger partial charge in [0.05, 0.1) is 32.1 Å². The first-order valence-corrected chi connectivity index (χ1v) is 12.8. The van der Waals surface area contributed by atoms with Crippen molar-refractivity contribution in [2.75, 3.05) is 26.4 Å². The predicted molar refractivity (Wildman–Crippen MR) is 142 cm³/mol. The first-order chi connectivity index (χ1) is 16.9. The highest BCUT2D eigenvalue weighted by molar-refractivity contribution is 7.99. The van der Waals surface area contributed by atoms with Crippen molar-refractivity contribution in [2.45, 2.75) is 25.0 Å². The molecule has 7 heteroatoms. The molecule has 0 aliphatic rings. The fraction of sp³-hybridized carbons (Fsp3) is 0.250. The quantitative estimate of drug-likeness (QED) is 0.355. The molecule has 0 unspecified atom stereocenters. The fourth-order valence-electron chi connectivity index (χ4n) is 3.97. The highest BCUT2D eigenvalue weighted by Gasteiger charge is 2.20. The molecule has 0 saturated heterocycles. The Morgan fingerprint density at radius 1 is 0.943 bits per heavy atom. The Bertz CT molecular complexity index is 1270. The van der Waals surface area contributed by atoms with Crippen LogP contribution in [0.3, 0.4) is 0 Å². The van der Waals surface area contributed by atoms with Crippen molar-refractivity contribution in [3.05, 3.63) is 95.6 Å². The number of likely N-dealkylation sites (N-methyl/N-ethyl adjacent to an activating group) is 1. The summed E-state index contributed by atoms with van der Waals surface area (Å²) < 4.78 is 2.04. The van der Waals surface area contributed by atoms with E-state index < -0.39 is 0 Å². The monoisotopic (exact) mass is 486 g/mol. The minimum atomic E-state index is -0.0203. The van der Waals surface area contributed by atoms with Crippen LogP contribution in [0.15, 0.2) is 84.0 Å². The van der Waals surface area contributed by atoms with E-state index in [1.54, 1.807) is 0 Å². The SMILES string of the molecule is Cc1ccc(-n2c(SCC(=O)NC[C@H](c3ccccc3)[NH+](C)C)nnc2-c2ccccc2)cc1C. The maximum atomic E-state index is 12.8. The van der Waals surface area contributed by atoms with E-state index in [1.165, 1.54) is 33.4 Å². The molecule has 4 rings (SSSR count). The number of aryl methyl sites for hydroxylation is 2. The zero-order valence-corrected chi connectivity index (χ0v) is 21.5. The minimum absolute atomic E-state index is 0.0203. The van der Waals surface area contributed by atoms with Gasteiger partial charge in [0.1, 0.15) is 6.04 Å². The summed E-state index contributed by atoms with van der Waals surface area (Å²) in [6.07, 6.45) is 0. The molecule has 0 aliphatic heterocycles. The van der Waals surface area contributed by atoms with E-state index in [1.807, 2.05) is 53.1 Å². The minimum Gasteiger partial charge on any atom is -0.349 e. The van der Waals surface area contributed by atoms with Crippen molar-refractivity contribution in [2.24, 2.45) is 0 Å². The van der Waals surface area contributed by atoms with Crippen LogP contribution in [0.25, 0.3) is 17.1 Å². The smallest absolute Gasteiger partial charge is 0.230 e. The van der Waals surface area contributed by atoms with Crippen molar-refractivity contribution < 1.29 is 9.69 Å². The Labute approximate surface area is 211 Å². The fourth-order valence-corrected chi connectivity index (χ4v) is 4.75. The van der Waals surface area contributed by atoms with E-state index in [9.17, 15) is 4.79 Å². The molecular weight excluding hydrogens is 454 g/mol. The lowest BCUT2D eigenvalue weighted by molar-refractivity contribution is -0.890. The summed E-state index contributed by atoms with van der Waals surface area (Å²) in [5.41, 5.74) is 5.60. The van der Waals surface area contributed by atoms with E-state index in [0.29, 0.717) is 11.7 Å². The molecule has 0 fully saturated rings. The van der Waals surface area contributed by atoms with Crippen LogP contribution in [0.5, 0.6) is 0 Å². The molecule has 1 amide bonds. The largest absolute Gasteiger partial charge is 0.349 e.